The van der Waals surface area contributed by atoms with Gasteiger partial charge in [0.25, 0.3) is 0 Å². The van der Waals surface area contributed by atoms with Crippen LogP contribution in [-0.2, 0) is 0 Å². The van der Waals surface area contributed by atoms with E-state index in [1.54, 1.807) is 0 Å². The Kier molecular flexibility index (Phi) is 2.66. The van der Waals surface area contributed by atoms with Crippen LogP contribution in [0.1, 0.15) is 29.9 Å². The highest BCUT2D eigenvalue weighted by Gasteiger charge is 2.16. The van der Waals surface area contributed by atoms with Crippen molar-refractivity contribution in [3.63, 3.8) is 0 Å². The van der Waals surface area contributed by atoms with E-state index in [9.17, 15) is 0 Å². The smallest absolute Gasteiger partial charge is 0.127 e. The zero-order valence-electron chi connectivity index (χ0n) is 9.41. The predicted octanol–water partition coefficient (Wildman–Crippen LogP) is 2.56. The quantitative estimate of drug-likeness (QED) is 0.777. The van der Waals surface area contributed by atoms with Gasteiger partial charge in [-0.1, -0.05) is 12.1 Å². The van der Waals surface area contributed by atoms with Gasteiger partial charge in [-0.15, -0.1) is 0 Å². The second-order valence-corrected chi connectivity index (χ2v) is 4.53. The maximum absolute atomic E-state index is 5.57. The number of hydrogen-bond acceptors (Lipinski definition) is 2. The van der Waals surface area contributed by atoms with E-state index < -0.39 is 0 Å². The normalized spacial score (nSPS) is 20.2. The zero-order chi connectivity index (χ0) is 10.8. The molecule has 2 aliphatic rings. The molecule has 0 atom stereocenters. The lowest BCUT2D eigenvalue weighted by Crippen LogP contribution is -2.26. The van der Waals surface area contributed by atoms with Crippen molar-refractivity contribution in [2.24, 2.45) is 0 Å². The van der Waals surface area contributed by atoms with E-state index in [-0.39, 0.29) is 0 Å². The maximum Gasteiger partial charge on any atom is 0.127 e. The van der Waals surface area contributed by atoms with Gasteiger partial charge in [-0.25, -0.2) is 0 Å². The van der Waals surface area contributed by atoms with Crippen LogP contribution in [0.3, 0.4) is 0 Å². The molecular weight excluding hydrogens is 198 g/mol. The van der Waals surface area contributed by atoms with E-state index in [0.29, 0.717) is 6.61 Å². The molecule has 3 rings (SSSR count). The highest BCUT2D eigenvalue weighted by molar-refractivity contribution is 5.60. The number of fused-ring (bicyclic) bond motifs is 1. The molecule has 2 heterocycles. The number of piperidine rings is 1. The van der Waals surface area contributed by atoms with Crippen molar-refractivity contribution in [1.82, 2.24) is 5.32 Å². The summed E-state index contributed by atoms with van der Waals surface area (Å²) < 4.78 is 5.57. The largest absolute Gasteiger partial charge is 0.489 e. The molecule has 2 aliphatic heterocycles. The van der Waals surface area contributed by atoms with E-state index >= 15 is 0 Å². The van der Waals surface area contributed by atoms with Gasteiger partial charge < -0.3 is 10.1 Å². The van der Waals surface area contributed by atoms with E-state index in [1.807, 2.05) is 0 Å². The van der Waals surface area contributed by atoms with Crippen LogP contribution < -0.4 is 10.1 Å². The molecule has 1 aromatic rings. The highest BCUT2D eigenvalue weighted by Crippen LogP contribution is 2.31. The van der Waals surface area contributed by atoms with Gasteiger partial charge >= 0.3 is 0 Å². The molecule has 0 aliphatic carbocycles. The number of benzene rings is 1. The Hall–Kier alpha value is -1.28. The molecule has 0 saturated carbocycles. The lowest BCUT2D eigenvalue weighted by Gasteiger charge is -2.24. The Morgan fingerprint density at radius 3 is 2.94 bits per heavy atom. The van der Waals surface area contributed by atoms with E-state index in [0.717, 1.165) is 24.8 Å². The van der Waals surface area contributed by atoms with Crippen LogP contribution in [0.4, 0.5) is 0 Å². The molecule has 0 unspecified atom stereocenters. The topological polar surface area (TPSA) is 21.3 Å². The van der Waals surface area contributed by atoms with Gasteiger partial charge in [0.2, 0.25) is 0 Å². The second-order valence-electron chi connectivity index (χ2n) is 4.53. The standard InChI is InChI=1S/C14H17NO/c1-2-13-10-12(3-4-14(13)16-9-1)11-5-7-15-8-6-11/h1-4,10-11,15H,5-9H2. The van der Waals surface area contributed by atoms with Crippen molar-refractivity contribution >= 4 is 6.08 Å². The summed E-state index contributed by atoms with van der Waals surface area (Å²) in [6, 6.07) is 6.64. The van der Waals surface area contributed by atoms with E-state index in [4.69, 9.17) is 4.74 Å². The molecule has 0 spiro atoms. The third kappa shape index (κ3) is 1.85. The van der Waals surface area contributed by atoms with Crippen molar-refractivity contribution in [3.05, 3.63) is 35.4 Å². The minimum Gasteiger partial charge on any atom is -0.489 e. The highest BCUT2D eigenvalue weighted by atomic mass is 16.5. The molecule has 2 nitrogen and oxygen atoms in total. The lowest BCUT2D eigenvalue weighted by atomic mass is 9.89. The van der Waals surface area contributed by atoms with Gasteiger partial charge in [0.15, 0.2) is 0 Å². The molecule has 1 aromatic carbocycles. The Morgan fingerprint density at radius 1 is 1.19 bits per heavy atom. The first-order valence-electron chi connectivity index (χ1n) is 6.07. The minimum atomic E-state index is 0.708. The monoisotopic (exact) mass is 215 g/mol. The van der Waals surface area contributed by atoms with Crippen LogP contribution in [0.25, 0.3) is 6.08 Å². The summed E-state index contributed by atoms with van der Waals surface area (Å²) in [5.74, 6) is 1.75. The van der Waals surface area contributed by atoms with Crippen LogP contribution in [0, 0.1) is 0 Å². The fraction of sp³-hybridized carbons (Fsp3) is 0.429. The molecule has 1 N–H and O–H groups in total. The first kappa shape index (κ1) is 9.91. The van der Waals surface area contributed by atoms with Gasteiger partial charge in [0.1, 0.15) is 12.4 Å². The first-order valence-corrected chi connectivity index (χ1v) is 6.07. The molecule has 0 bridgehead atoms. The molecular formula is C14H17NO. The molecule has 84 valence electrons. The number of ether oxygens (including phenoxy) is 1. The zero-order valence-corrected chi connectivity index (χ0v) is 9.41. The van der Waals surface area contributed by atoms with Crippen molar-refractivity contribution in [3.8, 4) is 5.75 Å². The fourth-order valence-electron chi connectivity index (χ4n) is 2.55. The predicted molar refractivity (Wildman–Crippen MR) is 65.8 cm³/mol. The minimum absolute atomic E-state index is 0.708. The Morgan fingerprint density at radius 2 is 2.06 bits per heavy atom. The van der Waals surface area contributed by atoms with Crippen molar-refractivity contribution in [2.45, 2.75) is 18.8 Å². The summed E-state index contributed by atoms with van der Waals surface area (Å²) in [7, 11) is 0. The van der Waals surface area contributed by atoms with Gasteiger partial charge in [0, 0.05) is 5.56 Å². The lowest BCUT2D eigenvalue weighted by molar-refractivity contribution is 0.358. The molecule has 2 heteroatoms. The Labute approximate surface area is 96.3 Å². The summed E-state index contributed by atoms with van der Waals surface area (Å²) >= 11 is 0. The van der Waals surface area contributed by atoms with Gasteiger partial charge in [-0.3, -0.25) is 0 Å². The van der Waals surface area contributed by atoms with Crippen molar-refractivity contribution in [1.29, 1.82) is 0 Å². The van der Waals surface area contributed by atoms with E-state index in [1.165, 1.54) is 24.0 Å². The van der Waals surface area contributed by atoms with Crippen LogP contribution in [-0.4, -0.2) is 19.7 Å². The molecule has 0 amide bonds. The third-order valence-electron chi connectivity index (χ3n) is 3.48. The van der Waals surface area contributed by atoms with Crippen LogP contribution >= 0.6 is 0 Å². The number of hydrogen-bond donors (Lipinski definition) is 1. The van der Waals surface area contributed by atoms with Crippen LogP contribution in [0.5, 0.6) is 5.75 Å². The van der Waals surface area contributed by atoms with Gasteiger partial charge in [0.05, 0.1) is 0 Å². The molecule has 0 radical (unpaired) electrons. The summed E-state index contributed by atoms with van der Waals surface area (Å²) in [5.41, 5.74) is 2.71. The van der Waals surface area contributed by atoms with Crippen molar-refractivity contribution < 1.29 is 4.74 Å². The Balaban J connectivity index is 1.88. The summed E-state index contributed by atoms with van der Waals surface area (Å²) in [4.78, 5) is 0. The van der Waals surface area contributed by atoms with Crippen LogP contribution in [0.15, 0.2) is 24.3 Å². The Bertz CT molecular complexity index is 405. The summed E-state index contributed by atoms with van der Waals surface area (Å²) in [6.45, 7) is 3.00. The summed E-state index contributed by atoms with van der Waals surface area (Å²) in [5, 5.41) is 3.41. The average Bonchev–Trinajstić information content (AvgIpc) is 2.39. The van der Waals surface area contributed by atoms with Crippen molar-refractivity contribution in [2.75, 3.05) is 19.7 Å². The SMILES string of the molecule is C1=Cc2cc(C3CCNCC3)ccc2OC1. The van der Waals surface area contributed by atoms with Gasteiger partial charge in [-0.2, -0.15) is 0 Å². The van der Waals surface area contributed by atoms with Crippen LogP contribution in [0.2, 0.25) is 0 Å². The van der Waals surface area contributed by atoms with E-state index in [2.05, 4.69) is 35.7 Å². The summed E-state index contributed by atoms with van der Waals surface area (Å²) in [6.07, 6.45) is 6.75. The molecule has 1 saturated heterocycles. The third-order valence-corrected chi connectivity index (χ3v) is 3.48. The number of rotatable bonds is 1. The second kappa shape index (κ2) is 4.30. The first-order chi connectivity index (χ1) is 7.93. The molecule has 0 aromatic heterocycles. The van der Waals surface area contributed by atoms with Gasteiger partial charge in [-0.05, 0) is 55.6 Å². The average molecular weight is 215 g/mol. The fourth-order valence-corrected chi connectivity index (χ4v) is 2.55. The molecule has 16 heavy (non-hydrogen) atoms. The number of nitrogens with one attached hydrogen (secondary N) is 1. The molecule has 1 fully saturated rings. The maximum atomic E-state index is 5.57.